The minimum atomic E-state index is 0.584. The van der Waals surface area contributed by atoms with E-state index in [-0.39, 0.29) is 0 Å². The normalized spacial score (nSPS) is 18.3. The fourth-order valence-electron chi connectivity index (χ4n) is 3.13. The summed E-state index contributed by atoms with van der Waals surface area (Å²) in [7, 11) is 0. The van der Waals surface area contributed by atoms with Crippen LogP contribution in [0.25, 0.3) is 0 Å². The van der Waals surface area contributed by atoms with Crippen LogP contribution in [0.2, 0.25) is 0 Å². The molecule has 1 aliphatic heterocycles. The lowest BCUT2D eigenvalue weighted by atomic mass is 10.1. The second-order valence-electron chi connectivity index (χ2n) is 6.82. The van der Waals surface area contributed by atoms with Gasteiger partial charge in [-0.15, -0.1) is 11.3 Å². The van der Waals surface area contributed by atoms with Gasteiger partial charge < -0.3 is 20.4 Å². The van der Waals surface area contributed by atoms with Gasteiger partial charge in [0.2, 0.25) is 0 Å². The van der Waals surface area contributed by atoms with Crippen LogP contribution in [0.1, 0.15) is 25.6 Å². The second-order valence-corrected chi connectivity index (χ2v) is 7.85. The van der Waals surface area contributed by atoms with Crippen LogP contribution in [-0.4, -0.2) is 74.7 Å². The number of hydrogen-bond acceptors (Lipinski definition) is 4. The molecule has 0 saturated carbocycles. The topological polar surface area (TPSA) is 42.9 Å². The number of nitrogens with one attached hydrogen (secondary N) is 2. The molecular weight excluding hydrogens is 330 g/mol. The molecule has 0 aromatic carbocycles. The predicted octanol–water partition coefficient (Wildman–Crippen LogP) is 2.12. The smallest absolute Gasteiger partial charge is 0.191 e. The Morgan fingerprint density at radius 3 is 2.60 bits per heavy atom. The molecule has 2 heterocycles. The molecule has 0 amide bonds. The van der Waals surface area contributed by atoms with Crippen molar-refractivity contribution in [1.29, 1.82) is 0 Å². The van der Waals surface area contributed by atoms with E-state index in [4.69, 9.17) is 4.99 Å². The minimum Gasteiger partial charge on any atom is -0.357 e. The molecule has 1 aromatic heterocycles. The van der Waals surface area contributed by atoms with Crippen LogP contribution in [0.4, 0.5) is 0 Å². The maximum atomic E-state index is 4.79. The van der Waals surface area contributed by atoms with Gasteiger partial charge in [0, 0.05) is 57.2 Å². The summed E-state index contributed by atoms with van der Waals surface area (Å²) in [4.78, 5) is 11.3. The Morgan fingerprint density at radius 1 is 1.20 bits per heavy atom. The van der Waals surface area contributed by atoms with E-state index in [1.807, 2.05) is 11.3 Å². The van der Waals surface area contributed by atoms with Crippen molar-refractivity contribution in [1.82, 2.24) is 20.4 Å². The second kappa shape index (κ2) is 11.5. The third-order valence-electron chi connectivity index (χ3n) is 4.63. The van der Waals surface area contributed by atoms with E-state index in [1.165, 1.54) is 37.6 Å². The van der Waals surface area contributed by atoms with Gasteiger partial charge in [0.15, 0.2) is 5.96 Å². The van der Waals surface area contributed by atoms with Crippen LogP contribution in [0.15, 0.2) is 22.5 Å². The SMILES string of the molecule is CCNC(=NCC(C)CN1CCN(CC)CC1)NCCc1cccs1. The number of nitrogens with zero attached hydrogens (tertiary/aromatic N) is 3. The molecule has 0 spiro atoms. The highest BCUT2D eigenvalue weighted by Crippen LogP contribution is 2.08. The summed E-state index contributed by atoms with van der Waals surface area (Å²) in [6.45, 7) is 16.5. The summed E-state index contributed by atoms with van der Waals surface area (Å²) >= 11 is 1.82. The van der Waals surface area contributed by atoms with Crippen LogP contribution in [0.3, 0.4) is 0 Å². The maximum absolute atomic E-state index is 4.79. The fourth-order valence-corrected chi connectivity index (χ4v) is 3.84. The van der Waals surface area contributed by atoms with Crippen LogP contribution in [0, 0.1) is 5.92 Å². The molecule has 1 atom stereocenters. The van der Waals surface area contributed by atoms with Crippen molar-refractivity contribution in [2.45, 2.75) is 27.2 Å². The van der Waals surface area contributed by atoms with Crippen LogP contribution in [0.5, 0.6) is 0 Å². The highest BCUT2D eigenvalue weighted by atomic mass is 32.1. The fraction of sp³-hybridized carbons (Fsp3) is 0.737. The first-order valence-corrected chi connectivity index (χ1v) is 10.6. The molecule has 1 unspecified atom stereocenters. The Labute approximate surface area is 157 Å². The zero-order valence-electron chi connectivity index (χ0n) is 16.1. The minimum absolute atomic E-state index is 0.584. The van der Waals surface area contributed by atoms with Crippen molar-refractivity contribution in [3.05, 3.63) is 22.4 Å². The lowest BCUT2D eigenvalue weighted by Crippen LogP contribution is -2.47. The quantitative estimate of drug-likeness (QED) is 0.520. The van der Waals surface area contributed by atoms with Gasteiger partial charge in [-0.05, 0) is 37.3 Å². The van der Waals surface area contributed by atoms with E-state index >= 15 is 0 Å². The third-order valence-corrected chi connectivity index (χ3v) is 5.57. The summed E-state index contributed by atoms with van der Waals surface area (Å²) in [5.41, 5.74) is 0. The van der Waals surface area contributed by atoms with Gasteiger partial charge in [0.25, 0.3) is 0 Å². The third kappa shape index (κ3) is 7.75. The standard InChI is InChI=1S/C19H35N5S/c1-4-20-19(21-9-8-18-7-6-14-25-18)22-15-17(3)16-24-12-10-23(5-2)11-13-24/h6-7,14,17H,4-5,8-13,15-16H2,1-3H3,(H2,20,21,22). The molecule has 5 nitrogen and oxygen atoms in total. The van der Waals surface area contributed by atoms with E-state index in [9.17, 15) is 0 Å². The molecule has 1 fully saturated rings. The van der Waals surface area contributed by atoms with Gasteiger partial charge in [0.05, 0.1) is 0 Å². The molecule has 2 N–H and O–H groups in total. The number of thiophene rings is 1. The Bertz CT molecular complexity index is 480. The Kier molecular flexibility index (Phi) is 9.29. The van der Waals surface area contributed by atoms with E-state index in [0.717, 1.165) is 38.6 Å². The highest BCUT2D eigenvalue weighted by Gasteiger charge is 2.17. The molecule has 0 radical (unpaired) electrons. The first-order chi connectivity index (χ1) is 12.2. The van der Waals surface area contributed by atoms with E-state index < -0.39 is 0 Å². The van der Waals surface area contributed by atoms with Crippen molar-refractivity contribution < 1.29 is 0 Å². The van der Waals surface area contributed by atoms with Crippen molar-refractivity contribution in [3.63, 3.8) is 0 Å². The Hall–Kier alpha value is -1.11. The summed E-state index contributed by atoms with van der Waals surface area (Å²) < 4.78 is 0. The van der Waals surface area contributed by atoms with Crippen LogP contribution >= 0.6 is 11.3 Å². The first kappa shape index (κ1) is 20.2. The Morgan fingerprint density at radius 2 is 1.96 bits per heavy atom. The van der Waals surface area contributed by atoms with Gasteiger partial charge in [-0.1, -0.05) is 19.9 Å². The summed E-state index contributed by atoms with van der Waals surface area (Å²) in [6, 6.07) is 4.30. The zero-order valence-corrected chi connectivity index (χ0v) is 16.9. The van der Waals surface area contributed by atoms with Crippen LogP contribution in [-0.2, 0) is 6.42 Å². The summed E-state index contributed by atoms with van der Waals surface area (Å²) in [5.74, 6) is 1.53. The lowest BCUT2D eigenvalue weighted by Gasteiger charge is -2.35. The van der Waals surface area contributed by atoms with Gasteiger partial charge in [-0.2, -0.15) is 0 Å². The average Bonchev–Trinajstić information content (AvgIpc) is 3.14. The highest BCUT2D eigenvalue weighted by molar-refractivity contribution is 7.09. The van der Waals surface area contributed by atoms with Gasteiger partial charge in [-0.3, -0.25) is 4.99 Å². The van der Waals surface area contributed by atoms with E-state index in [1.54, 1.807) is 0 Å². The molecule has 0 aliphatic carbocycles. The van der Waals surface area contributed by atoms with Crippen molar-refractivity contribution in [3.8, 4) is 0 Å². The number of aliphatic imine (C=N–C) groups is 1. The van der Waals surface area contributed by atoms with Crippen molar-refractivity contribution in [2.75, 3.05) is 58.9 Å². The van der Waals surface area contributed by atoms with Gasteiger partial charge >= 0.3 is 0 Å². The van der Waals surface area contributed by atoms with Gasteiger partial charge in [0.1, 0.15) is 0 Å². The molecule has 6 heteroatoms. The van der Waals surface area contributed by atoms with Crippen molar-refractivity contribution >= 4 is 17.3 Å². The lowest BCUT2D eigenvalue weighted by molar-refractivity contribution is 0.125. The number of likely N-dealkylation sites (N-methyl/N-ethyl adjacent to an activating group) is 1. The van der Waals surface area contributed by atoms with Gasteiger partial charge in [-0.25, -0.2) is 0 Å². The zero-order chi connectivity index (χ0) is 17.9. The molecule has 0 bridgehead atoms. The average molecular weight is 366 g/mol. The molecule has 1 aromatic rings. The summed E-state index contributed by atoms with van der Waals surface area (Å²) in [5, 5.41) is 8.95. The molecular formula is C19H35N5S. The predicted molar refractivity (Wildman–Crippen MR) is 110 cm³/mol. The molecule has 25 heavy (non-hydrogen) atoms. The molecule has 1 saturated heterocycles. The number of rotatable bonds is 9. The molecule has 2 rings (SSSR count). The number of hydrogen-bond donors (Lipinski definition) is 2. The number of guanidine groups is 1. The van der Waals surface area contributed by atoms with Crippen molar-refractivity contribution in [2.24, 2.45) is 10.9 Å². The van der Waals surface area contributed by atoms with E-state index in [0.29, 0.717) is 5.92 Å². The summed E-state index contributed by atoms with van der Waals surface area (Å²) in [6.07, 6.45) is 1.05. The number of piperazine rings is 1. The van der Waals surface area contributed by atoms with Crippen LogP contribution < -0.4 is 10.6 Å². The Balaban J connectivity index is 1.69. The maximum Gasteiger partial charge on any atom is 0.191 e. The monoisotopic (exact) mass is 365 g/mol. The molecule has 142 valence electrons. The van der Waals surface area contributed by atoms with E-state index in [2.05, 4.69) is 58.7 Å². The molecule has 1 aliphatic rings. The largest absolute Gasteiger partial charge is 0.357 e. The first-order valence-electron chi connectivity index (χ1n) is 9.70.